The maximum absolute atomic E-state index is 2.48. The fourth-order valence-corrected chi connectivity index (χ4v) is 11.1. The average molecular weight is 785 g/mol. The Bertz CT molecular complexity index is 3430. The van der Waals surface area contributed by atoms with Gasteiger partial charge < -0.3 is 9.47 Å². The number of rotatable bonds is 6. The SMILES string of the molecule is CC1(C)c2ccccc2-c2ccc(N(c3ccc(-c4ccccc4)cc3)c3ccc4c5c6sc7ccccc7c6ccc5n(-c5ccc(-c6ccccc6)cc5)c4c3)cc21. The smallest absolute Gasteiger partial charge is 0.0562 e. The molecule has 2 aromatic heterocycles. The third-order valence-electron chi connectivity index (χ3n) is 12.8. The molecule has 0 amide bonds. The molecule has 60 heavy (non-hydrogen) atoms. The van der Waals surface area contributed by atoms with Crippen LogP contribution in [-0.2, 0) is 5.41 Å². The minimum atomic E-state index is -0.122. The molecule has 0 fully saturated rings. The second-order valence-electron chi connectivity index (χ2n) is 16.5. The van der Waals surface area contributed by atoms with Crippen LogP contribution in [0.4, 0.5) is 17.1 Å². The molecule has 0 spiro atoms. The second-order valence-corrected chi connectivity index (χ2v) is 17.6. The Morgan fingerprint density at radius 1 is 0.417 bits per heavy atom. The van der Waals surface area contributed by atoms with Crippen molar-refractivity contribution in [2.75, 3.05) is 4.90 Å². The van der Waals surface area contributed by atoms with Gasteiger partial charge in [-0.05, 0) is 105 Å². The normalized spacial score (nSPS) is 13.0. The maximum Gasteiger partial charge on any atom is 0.0562 e. The highest BCUT2D eigenvalue weighted by atomic mass is 32.1. The van der Waals surface area contributed by atoms with E-state index in [-0.39, 0.29) is 5.41 Å². The minimum Gasteiger partial charge on any atom is -0.310 e. The van der Waals surface area contributed by atoms with E-state index in [1.807, 2.05) is 11.3 Å². The van der Waals surface area contributed by atoms with Gasteiger partial charge in [0.15, 0.2) is 0 Å². The quantitative estimate of drug-likeness (QED) is 0.163. The van der Waals surface area contributed by atoms with Crippen LogP contribution >= 0.6 is 11.3 Å². The minimum absolute atomic E-state index is 0.122. The Kier molecular flexibility index (Phi) is 7.79. The van der Waals surface area contributed by atoms with E-state index >= 15 is 0 Å². The Labute approximate surface area is 353 Å². The van der Waals surface area contributed by atoms with Gasteiger partial charge in [0.25, 0.3) is 0 Å². The van der Waals surface area contributed by atoms with Crippen LogP contribution < -0.4 is 4.90 Å². The molecule has 1 aliphatic carbocycles. The second kappa shape index (κ2) is 13.4. The first-order valence-electron chi connectivity index (χ1n) is 20.8. The van der Waals surface area contributed by atoms with E-state index in [0.29, 0.717) is 0 Å². The van der Waals surface area contributed by atoms with Gasteiger partial charge in [0, 0.05) is 59.1 Å². The zero-order chi connectivity index (χ0) is 40.0. The van der Waals surface area contributed by atoms with Crippen molar-refractivity contribution in [2.24, 2.45) is 0 Å². The van der Waals surface area contributed by atoms with Gasteiger partial charge >= 0.3 is 0 Å². The van der Waals surface area contributed by atoms with Crippen LogP contribution in [0.1, 0.15) is 25.0 Å². The summed E-state index contributed by atoms with van der Waals surface area (Å²) in [6.45, 7) is 4.73. The summed E-state index contributed by atoms with van der Waals surface area (Å²) in [5.41, 5.74) is 17.0. The van der Waals surface area contributed by atoms with Crippen molar-refractivity contribution < 1.29 is 0 Å². The van der Waals surface area contributed by atoms with Crippen LogP contribution in [0.25, 0.3) is 81.0 Å². The lowest BCUT2D eigenvalue weighted by atomic mass is 9.82. The van der Waals surface area contributed by atoms with Gasteiger partial charge in [0.05, 0.1) is 11.0 Å². The number of aromatic nitrogens is 1. The van der Waals surface area contributed by atoms with Crippen molar-refractivity contribution >= 4 is 70.4 Å². The molecule has 0 saturated heterocycles. The van der Waals surface area contributed by atoms with Gasteiger partial charge in [-0.3, -0.25) is 0 Å². The molecule has 3 heteroatoms. The van der Waals surface area contributed by atoms with Crippen molar-refractivity contribution in [3.8, 4) is 39.1 Å². The van der Waals surface area contributed by atoms with E-state index in [4.69, 9.17) is 0 Å². The summed E-state index contributed by atoms with van der Waals surface area (Å²) in [6.07, 6.45) is 0. The Morgan fingerprint density at radius 2 is 0.983 bits per heavy atom. The summed E-state index contributed by atoms with van der Waals surface area (Å²) in [7, 11) is 0. The van der Waals surface area contributed by atoms with Gasteiger partial charge in [-0.25, -0.2) is 0 Å². The van der Waals surface area contributed by atoms with Gasteiger partial charge in [-0.15, -0.1) is 11.3 Å². The molecular weight excluding hydrogens is 745 g/mol. The summed E-state index contributed by atoms with van der Waals surface area (Å²) in [6, 6.07) is 76.0. The van der Waals surface area contributed by atoms with Gasteiger partial charge in [0.1, 0.15) is 0 Å². The molecule has 0 atom stereocenters. The molecule has 284 valence electrons. The third kappa shape index (κ3) is 5.33. The molecule has 1 aliphatic rings. The molecule has 0 unspecified atom stereocenters. The van der Waals surface area contributed by atoms with Crippen molar-refractivity contribution in [1.82, 2.24) is 4.57 Å². The lowest BCUT2D eigenvalue weighted by Crippen LogP contribution is -2.16. The molecule has 0 saturated carbocycles. The van der Waals surface area contributed by atoms with Crippen molar-refractivity contribution in [1.29, 1.82) is 0 Å². The number of hydrogen-bond donors (Lipinski definition) is 0. The number of benzene rings is 9. The largest absolute Gasteiger partial charge is 0.310 e. The highest BCUT2D eigenvalue weighted by Gasteiger charge is 2.36. The first kappa shape index (κ1) is 34.8. The molecule has 9 aromatic carbocycles. The van der Waals surface area contributed by atoms with Gasteiger partial charge in [-0.2, -0.15) is 0 Å². The van der Waals surface area contributed by atoms with Crippen LogP contribution in [-0.4, -0.2) is 4.57 Å². The van der Waals surface area contributed by atoms with Gasteiger partial charge in [0.2, 0.25) is 0 Å². The molecule has 0 N–H and O–H groups in total. The van der Waals surface area contributed by atoms with Crippen LogP contribution in [0.5, 0.6) is 0 Å². The highest BCUT2D eigenvalue weighted by molar-refractivity contribution is 7.26. The highest BCUT2D eigenvalue weighted by Crippen LogP contribution is 2.51. The van der Waals surface area contributed by atoms with E-state index in [1.165, 1.54) is 86.5 Å². The Hall–Kier alpha value is -7.20. The molecule has 0 aliphatic heterocycles. The Balaban J connectivity index is 1.09. The molecule has 2 nitrogen and oxygen atoms in total. The number of fused-ring (bicyclic) bond motifs is 10. The summed E-state index contributed by atoms with van der Waals surface area (Å²) >= 11 is 1.90. The van der Waals surface area contributed by atoms with Crippen molar-refractivity contribution in [3.63, 3.8) is 0 Å². The number of anilines is 3. The van der Waals surface area contributed by atoms with Crippen molar-refractivity contribution in [2.45, 2.75) is 19.3 Å². The Morgan fingerprint density at radius 3 is 1.73 bits per heavy atom. The average Bonchev–Trinajstić information content (AvgIpc) is 3.92. The third-order valence-corrected chi connectivity index (χ3v) is 14.0. The van der Waals surface area contributed by atoms with Crippen LogP contribution in [0, 0.1) is 0 Å². The summed E-state index contributed by atoms with van der Waals surface area (Å²) in [5.74, 6) is 0. The fourth-order valence-electron chi connectivity index (χ4n) is 9.83. The fraction of sp³-hybridized carbons (Fsp3) is 0.0526. The first-order chi connectivity index (χ1) is 29.5. The van der Waals surface area contributed by atoms with E-state index in [2.05, 4.69) is 230 Å². The van der Waals surface area contributed by atoms with Crippen LogP contribution in [0.15, 0.2) is 206 Å². The number of nitrogens with zero attached hydrogens (tertiary/aromatic N) is 2. The predicted molar refractivity (Wildman–Crippen MR) is 257 cm³/mol. The van der Waals surface area contributed by atoms with Crippen LogP contribution in [0.2, 0.25) is 0 Å². The van der Waals surface area contributed by atoms with E-state index in [0.717, 1.165) is 22.7 Å². The summed E-state index contributed by atoms with van der Waals surface area (Å²) < 4.78 is 5.13. The predicted octanol–water partition coefficient (Wildman–Crippen LogP) is 16.3. The zero-order valence-corrected chi connectivity index (χ0v) is 34.2. The van der Waals surface area contributed by atoms with E-state index in [9.17, 15) is 0 Å². The first-order valence-corrected chi connectivity index (χ1v) is 21.6. The van der Waals surface area contributed by atoms with Crippen molar-refractivity contribution in [3.05, 3.63) is 217 Å². The molecular formula is C57H40N2S. The molecule has 12 rings (SSSR count). The lowest BCUT2D eigenvalue weighted by Gasteiger charge is -2.28. The summed E-state index contributed by atoms with van der Waals surface area (Å²) in [5, 5.41) is 5.18. The molecule has 0 radical (unpaired) electrons. The molecule has 11 aromatic rings. The molecule has 0 bridgehead atoms. The lowest BCUT2D eigenvalue weighted by molar-refractivity contribution is 0.660. The van der Waals surface area contributed by atoms with Gasteiger partial charge in [-0.1, -0.05) is 159 Å². The monoisotopic (exact) mass is 784 g/mol. The summed E-state index contributed by atoms with van der Waals surface area (Å²) in [4.78, 5) is 2.45. The number of thiophene rings is 1. The molecule has 2 heterocycles. The maximum atomic E-state index is 2.48. The number of hydrogen-bond acceptors (Lipinski definition) is 2. The van der Waals surface area contributed by atoms with E-state index in [1.54, 1.807) is 0 Å². The topological polar surface area (TPSA) is 8.17 Å². The van der Waals surface area contributed by atoms with E-state index < -0.39 is 0 Å². The standard InChI is InChI=1S/C57H40N2S/c1-57(2)50-19-11-9-17-45(50)46-31-29-43(35-51(46)57)58(41-25-21-39(22-26-41)37-13-5-3-6-14-37)44-30-32-49-53(36-44)59(42-27-23-40(24-28-42)38-15-7-4-8-16-38)52-34-33-48-47-18-10-12-20-54(47)60-56(48)55(49)52/h3-36H,1-2H3. The van der Waals surface area contributed by atoms with Crippen LogP contribution in [0.3, 0.4) is 0 Å². The zero-order valence-electron chi connectivity index (χ0n) is 33.4.